The minimum absolute atomic E-state index is 0.00147. The van der Waals surface area contributed by atoms with Crippen molar-refractivity contribution in [3.8, 4) is 0 Å². The maximum absolute atomic E-state index is 13.3. The molecule has 1 fully saturated rings. The summed E-state index contributed by atoms with van der Waals surface area (Å²) in [5.41, 5.74) is 6.71. The van der Waals surface area contributed by atoms with Crippen molar-refractivity contribution in [3.05, 3.63) is 47.1 Å². The van der Waals surface area contributed by atoms with E-state index in [9.17, 15) is 12.8 Å². The average Bonchev–Trinajstić information content (AvgIpc) is 3.16. The van der Waals surface area contributed by atoms with E-state index in [1.54, 1.807) is 17.5 Å². The molecule has 1 aliphatic rings. The Morgan fingerprint density at radius 2 is 2.10 bits per heavy atom. The topological polar surface area (TPSA) is 63.4 Å². The van der Waals surface area contributed by atoms with Crippen molar-refractivity contribution in [3.63, 3.8) is 0 Å². The van der Waals surface area contributed by atoms with Crippen molar-refractivity contribution >= 4 is 27.0 Å². The summed E-state index contributed by atoms with van der Waals surface area (Å²) < 4.78 is 40.4. The number of halogens is 1. The van der Waals surface area contributed by atoms with Crippen LogP contribution in [0.2, 0.25) is 0 Å². The van der Waals surface area contributed by atoms with E-state index in [0.717, 1.165) is 24.2 Å². The summed E-state index contributed by atoms with van der Waals surface area (Å²) in [7, 11) is -3.58. The highest BCUT2D eigenvalue weighted by atomic mass is 32.2. The fraction of sp³-hybridized carbons (Fsp3) is 0.286. The van der Waals surface area contributed by atoms with Crippen LogP contribution in [0.25, 0.3) is 0 Å². The van der Waals surface area contributed by atoms with E-state index in [4.69, 9.17) is 5.73 Å². The van der Waals surface area contributed by atoms with Gasteiger partial charge in [0.2, 0.25) is 0 Å². The Morgan fingerprint density at radius 1 is 1.33 bits per heavy atom. The molecule has 7 heteroatoms. The Kier molecular flexibility index (Phi) is 3.73. The molecular weight excluding hydrogens is 311 g/mol. The minimum Gasteiger partial charge on any atom is -0.398 e. The van der Waals surface area contributed by atoms with Crippen LogP contribution in [0.1, 0.15) is 18.4 Å². The zero-order valence-electron chi connectivity index (χ0n) is 11.2. The first-order chi connectivity index (χ1) is 9.96. The third-order valence-corrected chi connectivity index (χ3v) is 6.67. The van der Waals surface area contributed by atoms with Crippen LogP contribution in [0.4, 0.5) is 10.1 Å². The Balaban J connectivity index is 1.91. The van der Waals surface area contributed by atoms with Gasteiger partial charge in [0.15, 0.2) is 0 Å². The molecule has 1 heterocycles. The normalized spacial score (nSPS) is 15.5. The van der Waals surface area contributed by atoms with Gasteiger partial charge in [0.1, 0.15) is 10.0 Å². The zero-order valence-corrected chi connectivity index (χ0v) is 12.8. The maximum atomic E-state index is 13.3. The molecule has 112 valence electrons. The van der Waals surface area contributed by atoms with Gasteiger partial charge in [-0.1, -0.05) is 12.1 Å². The van der Waals surface area contributed by atoms with E-state index in [0.29, 0.717) is 11.3 Å². The molecule has 0 radical (unpaired) electrons. The number of nitrogen functional groups attached to an aromatic ring is 1. The average molecular weight is 326 g/mol. The van der Waals surface area contributed by atoms with Gasteiger partial charge < -0.3 is 5.73 Å². The Morgan fingerprint density at radius 3 is 2.67 bits per heavy atom. The molecule has 21 heavy (non-hydrogen) atoms. The second-order valence-electron chi connectivity index (χ2n) is 5.11. The lowest BCUT2D eigenvalue weighted by atomic mass is 10.2. The highest BCUT2D eigenvalue weighted by Crippen LogP contribution is 2.35. The van der Waals surface area contributed by atoms with Gasteiger partial charge in [-0.15, -0.1) is 11.3 Å². The summed E-state index contributed by atoms with van der Waals surface area (Å²) in [6, 6.07) is 7.51. The van der Waals surface area contributed by atoms with E-state index in [1.807, 2.05) is 0 Å². The van der Waals surface area contributed by atoms with Gasteiger partial charge in [0.05, 0.1) is 0 Å². The van der Waals surface area contributed by atoms with Crippen molar-refractivity contribution in [1.29, 1.82) is 0 Å². The second-order valence-corrected chi connectivity index (χ2v) is 8.14. The second kappa shape index (κ2) is 5.40. The van der Waals surface area contributed by atoms with Crippen LogP contribution in [0.15, 0.2) is 39.9 Å². The van der Waals surface area contributed by atoms with Crippen LogP contribution in [-0.2, 0) is 16.6 Å². The summed E-state index contributed by atoms with van der Waals surface area (Å²) in [4.78, 5) is 0. The standard InChI is InChI=1S/C14H15FN2O2S2/c15-11-3-1-2-10(6-11)8-17(13-4-5-13)21(18,19)14-7-12(16)9-20-14/h1-3,6-7,9,13H,4-5,8,16H2. The van der Waals surface area contributed by atoms with E-state index < -0.39 is 10.0 Å². The summed E-state index contributed by atoms with van der Waals surface area (Å²) in [5.74, 6) is -0.360. The zero-order chi connectivity index (χ0) is 15.0. The molecule has 0 saturated heterocycles. The number of hydrogen-bond acceptors (Lipinski definition) is 4. The van der Waals surface area contributed by atoms with Crippen LogP contribution < -0.4 is 5.73 Å². The van der Waals surface area contributed by atoms with Gasteiger partial charge in [-0.2, -0.15) is 4.31 Å². The Hall–Kier alpha value is -1.44. The van der Waals surface area contributed by atoms with Crippen LogP contribution in [0, 0.1) is 5.82 Å². The molecule has 1 aromatic carbocycles. The molecule has 3 rings (SSSR count). The molecule has 1 saturated carbocycles. The van der Waals surface area contributed by atoms with Crippen molar-refractivity contribution in [2.75, 3.05) is 5.73 Å². The van der Waals surface area contributed by atoms with Gasteiger partial charge in [0.25, 0.3) is 10.0 Å². The maximum Gasteiger partial charge on any atom is 0.253 e. The smallest absolute Gasteiger partial charge is 0.253 e. The Labute approximate surface area is 127 Å². The van der Waals surface area contributed by atoms with Crippen LogP contribution in [0.3, 0.4) is 0 Å². The van der Waals surface area contributed by atoms with Gasteiger partial charge in [-0.3, -0.25) is 0 Å². The summed E-state index contributed by atoms with van der Waals surface area (Å²) in [5, 5.41) is 1.61. The Bertz CT molecular complexity index is 754. The summed E-state index contributed by atoms with van der Waals surface area (Å²) >= 11 is 1.12. The third kappa shape index (κ3) is 3.09. The SMILES string of the molecule is Nc1csc(S(=O)(=O)N(Cc2cccc(F)c2)C2CC2)c1. The molecule has 1 aromatic heterocycles. The van der Waals surface area contributed by atoms with Gasteiger partial charge in [-0.25, -0.2) is 12.8 Å². The summed E-state index contributed by atoms with van der Waals surface area (Å²) in [6.07, 6.45) is 1.69. The molecule has 0 spiro atoms. The number of nitrogens with zero attached hydrogens (tertiary/aromatic N) is 1. The highest BCUT2D eigenvalue weighted by molar-refractivity contribution is 7.91. The third-order valence-electron chi connectivity index (χ3n) is 3.34. The van der Waals surface area contributed by atoms with Gasteiger partial charge >= 0.3 is 0 Å². The molecule has 0 aliphatic heterocycles. The molecule has 0 unspecified atom stereocenters. The number of benzene rings is 1. The van der Waals surface area contributed by atoms with Crippen LogP contribution in [0.5, 0.6) is 0 Å². The van der Waals surface area contributed by atoms with Crippen LogP contribution in [-0.4, -0.2) is 18.8 Å². The quantitative estimate of drug-likeness (QED) is 0.919. The number of thiophene rings is 1. The molecule has 0 amide bonds. The lowest BCUT2D eigenvalue weighted by molar-refractivity contribution is 0.399. The van der Waals surface area contributed by atoms with Crippen LogP contribution >= 0.6 is 11.3 Å². The molecule has 1 aliphatic carbocycles. The number of hydrogen-bond donors (Lipinski definition) is 1. The molecule has 0 bridgehead atoms. The van der Waals surface area contributed by atoms with E-state index >= 15 is 0 Å². The van der Waals surface area contributed by atoms with Gasteiger partial charge in [-0.05, 0) is 36.6 Å². The predicted molar refractivity (Wildman–Crippen MR) is 80.9 cm³/mol. The molecular formula is C14H15FN2O2S2. The monoisotopic (exact) mass is 326 g/mol. The first-order valence-corrected chi connectivity index (χ1v) is 8.89. The summed E-state index contributed by atoms with van der Waals surface area (Å²) in [6.45, 7) is 0.183. The fourth-order valence-corrected chi connectivity index (χ4v) is 5.05. The number of nitrogens with two attached hydrogens (primary N) is 1. The molecule has 2 N–H and O–H groups in total. The lowest BCUT2D eigenvalue weighted by Crippen LogP contribution is -2.32. The van der Waals surface area contributed by atoms with Crippen molar-refractivity contribution in [2.45, 2.75) is 29.6 Å². The van der Waals surface area contributed by atoms with Crippen molar-refractivity contribution < 1.29 is 12.8 Å². The minimum atomic E-state index is -3.58. The first kappa shape index (κ1) is 14.5. The van der Waals surface area contributed by atoms with Gasteiger partial charge in [0, 0.05) is 23.7 Å². The lowest BCUT2D eigenvalue weighted by Gasteiger charge is -2.21. The van der Waals surface area contributed by atoms with E-state index in [1.165, 1.54) is 22.5 Å². The van der Waals surface area contributed by atoms with Crippen molar-refractivity contribution in [2.24, 2.45) is 0 Å². The first-order valence-electron chi connectivity index (χ1n) is 6.57. The van der Waals surface area contributed by atoms with Crippen molar-refractivity contribution in [1.82, 2.24) is 4.31 Å². The molecule has 0 atom stereocenters. The van der Waals surface area contributed by atoms with E-state index in [2.05, 4.69) is 0 Å². The molecule has 4 nitrogen and oxygen atoms in total. The predicted octanol–water partition coefficient (Wildman–Crippen LogP) is 2.82. The number of rotatable bonds is 5. The largest absolute Gasteiger partial charge is 0.398 e. The number of anilines is 1. The fourth-order valence-electron chi connectivity index (χ4n) is 2.17. The van der Waals surface area contributed by atoms with E-state index in [-0.39, 0.29) is 22.6 Å². The number of sulfonamides is 1. The molecule has 2 aromatic rings. The highest BCUT2D eigenvalue weighted by Gasteiger charge is 2.38.